The Hall–Kier alpha value is -6.32. The maximum absolute atomic E-state index is 6.79. The van der Waals surface area contributed by atoms with Gasteiger partial charge < -0.3 is 13.7 Å². The van der Waals surface area contributed by atoms with E-state index in [0.29, 0.717) is 0 Å². The summed E-state index contributed by atoms with van der Waals surface area (Å²) in [6.07, 6.45) is 0. The van der Waals surface area contributed by atoms with Crippen molar-refractivity contribution in [3.8, 4) is 11.1 Å². The van der Waals surface area contributed by atoms with E-state index in [1.165, 1.54) is 38.6 Å². The summed E-state index contributed by atoms with van der Waals surface area (Å²) in [5.41, 5.74) is 13.2. The number of nitrogens with zero attached hydrogens (tertiary/aromatic N) is 1. The molecule has 0 aliphatic heterocycles. The van der Waals surface area contributed by atoms with Gasteiger partial charge in [-0.3, -0.25) is 0 Å². The third-order valence-corrected chi connectivity index (χ3v) is 12.0. The van der Waals surface area contributed by atoms with Gasteiger partial charge in [0.1, 0.15) is 22.3 Å². The quantitative estimate of drug-likeness (QED) is 0.184. The van der Waals surface area contributed by atoms with Crippen LogP contribution in [0.5, 0.6) is 0 Å². The van der Waals surface area contributed by atoms with E-state index in [1.54, 1.807) is 0 Å². The van der Waals surface area contributed by atoms with Crippen LogP contribution in [0.3, 0.4) is 0 Å². The number of hydrogen-bond donors (Lipinski definition) is 0. The lowest BCUT2D eigenvalue weighted by Crippen LogP contribution is -2.16. The Bertz CT molecular complexity index is 3190. The number of hydrogen-bond acceptors (Lipinski definition) is 3. The van der Waals surface area contributed by atoms with E-state index in [1.807, 2.05) is 0 Å². The minimum Gasteiger partial charge on any atom is -0.455 e. The van der Waals surface area contributed by atoms with Crippen molar-refractivity contribution in [3.63, 3.8) is 0 Å². The molecular formula is C51H39NO2. The second kappa shape index (κ2) is 10.9. The van der Waals surface area contributed by atoms with E-state index in [2.05, 4.69) is 185 Å². The van der Waals surface area contributed by atoms with Gasteiger partial charge in [0.15, 0.2) is 0 Å². The zero-order valence-electron chi connectivity index (χ0n) is 31.1. The van der Waals surface area contributed by atoms with E-state index >= 15 is 0 Å². The van der Waals surface area contributed by atoms with Crippen molar-refractivity contribution in [1.29, 1.82) is 0 Å². The van der Waals surface area contributed by atoms with Gasteiger partial charge in [0.25, 0.3) is 0 Å². The molecule has 0 amide bonds. The van der Waals surface area contributed by atoms with Crippen LogP contribution >= 0.6 is 0 Å². The minimum absolute atomic E-state index is 0.0769. The molecule has 3 heteroatoms. The summed E-state index contributed by atoms with van der Waals surface area (Å²) in [5, 5.41) is 9.00. The Morgan fingerprint density at radius 2 is 1.15 bits per heavy atom. The summed E-state index contributed by atoms with van der Waals surface area (Å²) in [6.45, 7) is 11.6. The van der Waals surface area contributed by atoms with Crippen LogP contribution in [0, 0.1) is 0 Å². The monoisotopic (exact) mass is 697 g/mol. The molecule has 2 heterocycles. The Labute approximate surface area is 314 Å². The molecule has 0 saturated carbocycles. The lowest BCUT2D eigenvalue weighted by molar-refractivity contribution is 0.594. The van der Waals surface area contributed by atoms with Crippen LogP contribution in [-0.2, 0) is 10.8 Å². The van der Waals surface area contributed by atoms with Crippen LogP contribution in [0.4, 0.5) is 17.1 Å². The van der Waals surface area contributed by atoms with Crippen molar-refractivity contribution in [2.24, 2.45) is 0 Å². The van der Waals surface area contributed by atoms with E-state index in [-0.39, 0.29) is 10.8 Å². The maximum Gasteiger partial charge on any atom is 0.143 e. The molecule has 0 radical (unpaired) electrons. The second-order valence-corrected chi connectivity index (χ2v) is 16.5. The van der Waals surface area contributed by atoms with Crippen molar-refractivity contribution in [2.75, 3.05) is 4.90 Å². The first-order valence-electron chi connectivity index (χ1n) is 18.9. The average molecular weight is 698 g/mol. The molecule has 1 aliphatic rings. The lowest BCUT2D eigenvalue weighted by atomic mass is 9.82. The zero-order valence-corrected chi connectivity index (χ0v) is 31.1. The van der Waals surface area contributed by atoms with E-state index in [4.69, 9.17) is 8.83 Å². The van der Waals surface area contributed by atoms with Gasteiger partial charge in [-0.2, -0.15) is 0 Å². The highest BCUT2D eigenvalue weighted by Gasteiger charge is 2.36. The summed E-state index contributed by atoms with van der Waals surface area (Å²) in [5.74, 6) is 0. The molecule has 0 atom stereocenters. The van der Waals surface area contributed by atoms with Gasteiger partial charge in [-0.15, -0.1) is 0 Å². The molecule has 0 saturated heterocycles. The minimum atomic E-state index is -0.157. The number of benzene rings is 8. The largest absolute Gasteiger partial charge is 0.455 e. The van der Waals surface area contributed by atoms with Crippen molar-refractivity contribution >= 4 is 82.5 Å². The summed E-state index contributed by atoms with van der Waals surface area (Å²) in [6, 6.07) is 53.0. The fourth-order valence-corrected chi connectivity index (χ4v) is 9.40. The highest BCUT2D eigenvalue weighted by atomic mass is 16.3. The molecule has 10 aromatic rings. The number of furan rings is 2. The zero-order chi connectivity index (χ0) is 36.5. The van der Waals surface area contributed by atoms with Crippen LogP contribution in [0.2, 0.25) is 0 Å². The van der Waals surface area contributed by atoms with Gasteiger partial charge in [-0.1, -0.05) is 138 Å². The summed E-state index contributed by atoms with van der Waals surface area (Å²) < 4.78 is 13.6. The van der Waals surface area contributed by atoms with E-state index in [9.17, 15) is 0 Å². The second-order valence-electron chi connectivity index (χ2n) is 16.5. The number of rotatable bonds is 3. The first-order valence-corrected chi connectivity index (χ1v) is 18.9. The van der Waals surface area contributed by atoms with Crippen molar-refractivity contribution in [2.45, 2.75) is 45.4 Å². The molecule has 0 N–H and O–H groups in total. The fourth-order valence-electron chi connectivity index (χ4n) is 9.40. The molecule has 54 heavy (non-hydrogen) atoms. The summed E-state index contributed by atoms with van der Waals surface area (Å²) in [7, 11) is 0. The van der Waals surface area contributed by atoms with Gasteiger partial charge in [0, 0.05) is 43.4 Å². The molecular weight excluding hydrogens is 659 g/mol. The first-order chi connectivity index (χ1) is 26.2. The van der Waals surface area contributed by atoms with Crippen LogP contribution in [0.15, 0.2) is 154 Å². The molecule has 0 unspecified atom stereocenters. The smallest absolute Gasteiger partial charge is 0.143 e. The van der Waals surface area contributed by atoms with E-state index < -0.39 is 0 Å². The molecule has 1 aliphatic carbocycles. The first kappa shape index (κ1) is 31.2. The summed E-state index contributed by atoms with van der Waals surface area (Å²) >= 11 is 0. The van der Waals surface area contributed by atoms with Gasteiger partial charge >= 0.3 is 0 Å². The Kier molecular flexibility index (Phi) is 6.28. The van der Waals surface area contributed by atoms with Gasteiger partial charge in [-0.05, 0) is 81.1 Å². The molecule has 0 bridgehead atoms. The van der Waals surface area contributed by atoms with Crippen LogP contribution in [0.25, 0.3) is 76.5 Å². The predicted octanol–water partition coefficient (Wildman–Crippen LogP) is 14.9. The summed E-state index contributed by atoms with van der Waals surface area (Å²) in [4.78, 5) is 2.48. The highest BCUT2D eigenvalue weighted by molar-refractivity contribution is 6.23. The van der Waals surface area contributed by atoms with Crippen LogP contribution < -0.4 is 4.90 Å². The third kappa shape index (κ3) is 4.24. The van der Waals surface area contributed by atoms with Gasteiger partial charge in [0.05, 0.1) is 16.8 Å². The Morgan fingerprint density at radius 1 is 0.481 bits per heavy atom. The third-order valence-electron chi connectivity index (χ3n) is 12.0. The topological polar surface area (TPSA) is 29.5 Å². The van der Waals surface area contributed by atoms with Gasteiger partial charge in [0.2, 0.25) is 0 Å². The fraction of sp³-hybridized carbons (Fsp3) is 0.137. The van der Waals surface area contributed by atoms with Crippen LogP contribution in [-0.4, -0.2) is 0 Å². The predicted molar refractivity (Wildman–Crippen MR) is 227 cm³/mol. The standard InChI is InChI=1S/C51H39NO2/c1-50(2,3)40-20-12-22-44-46(40)38-29-43(35-17-8-9-18-36(35)49(38)53-44)52(31-25-27-34-33-16-10-11-19-39(33)51(4,5)41(34)28-31)42-21-13-23-45-47(42)37-26-24-30-14-6-7-15-32(30)48(37)54-45/h6-29H,1-5H3. The van der Waals surface area contributed by atoms with Crippen LogP contribution in [0.1, 0.15) is 51.3 Å². The molecule has 2 aromatic heterocycles. The maximum atomic E-state index is 6.79. The molecule has 11 rings (SSSR count). The lowest BCUT2D eigenvalue weighted by Gasteiger charge is -2.30. The normalized spacial score (nSPS) is 13.8. The SMILES string of the molecule is CC(C)(C)c1cccc2oc3c4ccccc4c(N(c4ccc5c(c4)C(C)(C)c4ccccc4-5)c4cccc5oc6c7ccccc7ccc6c45)cc3c12. The Morgan fingerprint density at radius 3 is 1.96 bits per heavy atom. The van der Waals surface area contributed by atoms with Crippen molar-refractivity contribution in [3.05, 3.63) is 162 Å². The molecule has 0 spiro atoms. The average Bonchev–Trinajstić information content (AvgIpc) is 3.83. The Balaban J connectivity index is 1.28. The van der Waals surface area contributed by atoms with Gasteiger partial charge in [-0.25, -0.2) is 0 Å². The number of fused-ring (bicyclic) bond motifs is 13. The van der Waals surface area contributed by atoms with Crippen molar-refractivity contribution in [1.82, 2.24) is 0 Å². The molecule has 260 valence electrons. The molecule has 3 nitrogen and oxygen atoms in total. The van der Waals surface area contributed by atoms with E-state index in [0.717, 1.165) is 71.7 Å². The highest BCUT2D eigenvalue weighted by Crippen LogP contribution is 2.53. The molecule has 0 fully saturated rings. The van der Waals surface area contributed by atoms with Crippen molar-refractivity contribution < 1.29 is 8.83 Å². The number of anilines is 3. The molecule has 8 aromatic carbocycles.